The summed E-state index contributed by atoms with van der Waals surface area (Å²) >= 11 is 0. The van der Waals surface area contributed by atoms with E-state index in [1.807, 2.05) is 12.1 Å². The van der Waals surface area contributed by atoms with Crippen LogP contribution in [0.25, 0.3) is 22.3 Å². The van der Waals surface area contributed by atoms with E-state index in [0.717, 1.165) is 5.69 Å². The highest BCUT2D eigenvalue weighted by Gasteiger charge is 2.03. The van der Waals surface area contributed by atoms with Crippen LogP contribution in [0.4, 0.5) is 5.69 Å². The van der Waals surface area contributed by atoms with Gasteiger partial charge >= 0.3 is 0 Å². The maximum Gasteiger partial charge on any atom is 0.0322 e. The molecule has 0 unspecified atom stereocenters. The summed E-state index contributed by atoms with van der Waals surface area (Å²) in [6.45, 7) is 4.18. The Balaban J connectivity index is 2.05. The molecule has 0 aliphatic heterocycles. The highest BCUT2D eigenvalue weighted by molar-refractivity contribution is 5.75. The third kappa shape index (κ3) is 2.97. The smallest absolute Gasteiger partial charge is 0.0322 e. The van der Waals surface area contributed by atoms with Crippen molar-refractivity contribution >= 4 is 5.69 Å². The van der Waals surface area contributed by atoms with E-state index in [0.29, 0.717) is 0 Å². The Morgan fingerprint density at radius 1 is 0.571 bits per heavy atom. The molecule has 1 heteroatoms. The highest BCUT2D eigenvalue weighted by Crippen LogP contribution is 2.28. The third-order valence-electron chi connectivity index (χ3n) is 3.68. The minimum atomic E-state index is 0.811. The Hall–Kier alpha value is -2.54. The fraction of sp³-hybridized carbons (Fsp3) is 0.100. The molecule has 0 radical (unpaired) electrons. The summed E-state index contributed by atoms with van der Waals surface area (Å²) < 4.78 is 0. The van der Waals surface area contributed by atoms with Crippen molar-refractivity contribution in [3.63, 3.8) is 0 Å². The van der Waals surface area contributed by atoms with Crippen molar-refractivity contribution in [2.45, 2.75) is 13.8 Å². The number of benzene rings is 3. The van der Waals surface area contributed by atoms with Gasteiger partial charge in [-0.15, -0.1) is 0 Å². The minimum absolute atomic E-state index is 0.811. The molecular formula is C20H19N. The molecule has 2 N–H and O–H groups in total. The van der Waals surface area contributed by atoms with Gasteiger partial charge in [0.05, 0.1) is 0 Å². The minimum Gasteiger partial charge on any atom is -0.399 e. The van der Waals surface area contributed by atoms with Gasteiger partial charge < -0.3 is 5.73 Å². The number of anilines is 1. The van der Waals surface area contributed by atoms with Crippen molar-refractivity contribution in [2.24, 2.45) is 0 Å². The maximum atomic E-state index is 5.96. The van der Waals surface area contributed by atoms with Crippen molar-refractivity contribution in [3.8, 4) is 22.3 Å². The molecule has 3 aromatic rings. The van der Waals surface area contributed by atoms with Gasteiger partial charge in [-0.05, 0) is 59.9 Å². The Morgan fingerprint density at radius 2 is 1.24 bits per heavy atom. The van der Waals surface area contributed by atoms with Gasteiger partial charge in [0.15, 0.2) is 0 Å². The summed E-state index contributed by atoms with van der Waals surface area (Å²) in [4.78, 5) is 0. The van der Waals surface area contributed by atoms with Gasteiger partial charge in [-0.2, -0.15) is 0 Å². The molecular weight excluding hydrogens is 254 g/mol. The van der Waals surface area contributed by atoms with Crippen LogP contribution in [0.5, 0.6) is 0 Å². The molecule has 0 bridgehead atoms. The first-order chi connectivity index (χ1) is 10.1. The van der Waals surface area contributed by atoms with Crippen LogP contribution >= 0.6 is 0 Å². The van der Waals surface area contributed by atoms with Crippen LogP contribution in [0.3, 0.4) is 0 Å². The fourth-order valence-electron chi connectivity index (χ4n) is 2.60. The monoisotopic (exact) mass is 273 g/mol. The van der Waals surface area contributed by atoms with E-state index < -0.39 is 0 Å². The molecule has 0 aromatic heterocycles. The second-order valence-corrected chi connectivity index (χ2v) is 5.58. The predicted octanol–water partition coefficient (Wildman–Crippen LogP) is 5.22. The first-order valence-corrected chi connectivity index (χ1v) is 7.16. The molecule has 104 valence electrons. The molecule has 0 heterocycles. The summed E-state index contributed by atoms with van der Waals surface area (Å²) in [5.41, 5.74) is 14.1. The molecule has 3 aromatic carbocycles. The molecule has 0 spiro atoms. The summed E-state index contributed by atoms with van der Waals surface area (Å²) in [5, 5.41) is 0. The van der Waals surface area contributed by atoms with Gasteiger partial charge in [0.25, 0.3) is 0 Å². The second kappa shape index (κ2) is 5.45. The van der Waals surface area contributed by atoms with Gasteiger partial charge in [-0.3, -0.25) is 0 Å². The summed E-state index contributed by atoms with van der Waals surface area (Å²) in [7, 11) is 0. The number of hydrogen-bond donors (Lipinski definition) is 1. The lowest BCUT2D eigenvalue weighted by atomic mass is 9.97. The summed E-state index contributed by atoms with van der Waals surface area (Å²) in [5.74, 6) is 0. The van der Waals surface area contributed by atoms with E-state index in [2.05, 4.69) is 68.4 Å². The SMILES string of the molecule is Cc1ccc(-c2cccc(-c3cc(C)cc(N)c3)c2)cc1. The number of nitrogen functional groups attached to an aromatic ring is 1. The zero-order valence-corrected chi connectivity index (χ0v) is 12.4. The van der Waals surface area contributed by atoms with E-state index in [4.69, 9.17) is 5.73 Å². The lowest BCUT2D eigenvalue weighted by Gasteiger charge is -2.08. The summed E-state index contributed by atoms with van der Waals surface area (Å²) in [6.07, 6.45) is 0. The molecule has 3 rings (SSSR count). The number of nitrogens with two attached hydrogens (primary N) is 1. The van der Waals surface area contributed by atoms with Crippen molar-refractivity contribution in [1.29, 1.82) is 0 Å². The zero-order valence-electron chi connectivity index (χ0n) is 12.4. The molecule has 0 aliphatic carbocycles. The maximum absolute atomic E-state index is 5.96. The van der Waals surface area contributed by atoms with E-state index in [-0.39, 0.29) is 0 Å². The normalized spacial score (nSPS) is 10.6. The lowest BCUT2D eigenvalue weighted by Crippen LogP contribution is -1.88. The van der Waals surface area contributed by atoms with E-state index in [1.165, 1.54) is 33.4 Å². The molecule has 0 amide bonds. The first kappa shape index (κ1) is 13.4. The van der Waals surface area contributed by atoms with Crippen LogP contribution in [0.2, 0.25) is 0 Å². The number of hydrogen-bond acceptors (Lipinski definition) is 1. The molecule has 0 saturated carbocycles. The standard InChI is InChI=1S/C20H19N/c1-14-6-8-16(9-7-14)17-4-3-5-18(12-17)19-10-15(2)11-20(21)13-19/h3-13H,21H2,1-2H3. The van der Waals surface area contributed by atoms with E-state index in [1.54, 1.807) is 0 Å². The fourth-order valence-corrected chi connectivity index (χ4v) is 2.60. The zero-order chi connectivity index (χ0) is 14.8. The average Bonchev–Trinajstić information content (AvgIpc) is 2.47. The van der Waals surface area contributed by atoms with Gasteiger partial charge in [-0.25, -0.2) is 0 Å². The Kier molecular flexibility index (Phi) is 3.49. The Bertz CT molecular complexity index is 750. The molecule has 0 saturated heterocycles. The van der Waals surface area contributed by atoms with Crippen LogP contribution in [-0.2, 0) is 0 Å². The van der Waals surface area contributed by atoms with Crippen molar-refractivity contribution < 1.29 is 0 Å². The lowest BCUT2D eigenvalue weighted by molar-refractivity contribution is 1.46. The highest BCUT2D eigenvalue weighted by atomic mass is 14.5. The van der Waals surface area contributed by atoms with Crippen molar-refractivity contribution in [1.82, 2.24) is 0 Å². The molecule has 1 nitrogen and oxygen atoms in total. The Labute approximate surface area is 126 Å². The number of rotatable bonds is 2. The topological polar surface area (TPSA) is 26.0 Å². The largest absolute Gasteiger partial charge is 0.399 e. The van der Waals surface area contributed by atoms with E-state index in [9.17, 15) is 0 Å². The van der Waals surface area contributed by atoms with Gasteiger partial charge in [0, 0.05) is 5.69 Å². The van der Waals surface area contributed by atoms with Gasteiger partial charge in [0.2, 0.25) is 0 Å². The van der Waals surface area contributed by atoms with Crippen LogP contribution in [-0.4, -0.2) is 0 Å². The quantitative estimate of drug-likeness (QED) is 0.636. The molecule has 0 fully saturated rings. The van der Waals surface area contributed by atoms with Crippen molar-refractivity contribution in [2.75, 3.05) is 5.73 Å². The number of aryl methyl sites for hydroxylation is 2. The average molecular weight is 273 g/mol. The van der Waals surface area contributed by atoms with Crippen LogP contribution in [0.1, 0.15) is 11.1 Å². The van der Waals surface area contributed by atoms with Gasteiger partial charge in [0.1, 0.15) is 0 Å². The van der Waals surface area contributed by atoms with Crippen molar-refractivity contribution in [3.05, 3.63) is 77.9 Å². The Morgan fingerprint density at radius 3 is 1.90 bits per heavy atom. The molecule has 0 atom stereocenters. The van der Waals surface area contributed by atoms with Crippen LogP contribution in [0.15, 0.2) is 66.7 Å². The predicted molar refractivity (Wildman–Crippen MR) is 91.2 cm³/mol. The second-order valence-electron chi connectivity index (χ2n) is 5.58. The summed E-state index contributed by atoms with van der Waals surface area (Å²) in [6, 6.07) is 23.4. The molecule has 21 heavy (non-hydrogen) atoms. The van der Waals surface area contributed by atoms with E-state index >= 15 is 0 Å². The molecule has 0 aliphatic rings. The third-order valence-corrected chi connectivity index (χ3v) is 3.68. The van der Waals surface area contributed by atoms with Gasteiger partial charge in [-0.1, -0.05) is 54.1 Å². The first-order valence-electron chi connectivity index (χ1n) is 7.16. The van der Waals surface area contributed by atoms with Crippen LogP contribution in [0, 0.1) is 13.8 Å². The van der Waals surface area contributed by atoms with Crippen LogP contribution < -0.4 is 5.73 Å².